The van der Waals surface area contributed by atoms with E-state index < -0.39 is 29.9 Å². The van der Waals surface area contributed by atoms with Crippen LogP contribution in [0.2, 0.25) is 10.0 Å². The van der Waals surface area contributed by atoms with Crippen molar-refractivity contribution in [2.45, 2.75) is 25.4 Å². The molecule has 0 heterocycles. The minimum absolute atomic E-state index is 0.0447. The van der Waals surface area contributed by atoms with E-state index in [4.69, 9.17) is 23.2 Å². The molecular weight excluding hydrogens is 543 g/mol. The predicted molar refractivity (Wildman–Crippen MR) is 149 cm³/mol. The Kier molecular flexibility index (Phi) is 11.1. The molecule has 0 radical (unpaired) electrons. The zero-order valence-electron chi connectivity index (χ0n) is 20.9. The van der Waals surface area contributed by atoms with Crippen molar-refractivity contribution in [3.05, 3.63) is 94.0 Å². The molecular formula is C28H28Cl2N4O5. The first-order valence-electron chi connectivity index (χ1n) is 12.1. The maximum atomic E-state index is 12.4. The van der Waals surface area contributed by atoms with Crippen LogP contribution >= 0.6 is 23.2 Å². The van der Waals surface area contributed by atoms with E-state index in [0.29, 0.717) is 21.2 Å². The maximum absolute atomic E-state index is 12.4. The van der Waals surface area contributed by atoms with Crippen LogP contribution in [0.15, 0.2) is 72.8 Å². The van der Waals surface area contributed by atoms with Crippen LogP contribution in [0.4, 0.5) is 4.79 Å². The Morgan fingerprint density at radius 1 is 0.795 bits per heavy atom. The SMILES string of the molecule is O=C(O)CC(NC(=O)CNC(=O)CCNC(=O)NCc1ccc(Cl)cc1Cl)c1ccc(-c2ccccc2)cc1. The molecule has 11 heteroatoms. The average Bonchev–Trinajstić information content (AvgIpc) is 2.91. The van der Waals surface area contributed by atoms with Crippen LogP contribution in [0, 0.1) is 0 Å². The fourth-order valence-electron chi connectivity index (χ4n) is 3.67. The van der Waals surface area contributed by atoms with Gasteiger partial charge < -0.3 is 26.4 Å². The van der Waals surface area contributed by atoms with Crippen LogP contribution in [0.25, 0.3) is 11.1 Å². The Morgan fingerprint density at radius 3 is 2.15 bits per heavy atom. The Morgan fingerprint density at radius 2 is 1.49 bits per heavy atom. The van der Waals surface area contributed by atoms with Gasteiger partial charge in [0.2, 0.25) is 11.8 Å². The van der Waals surface area contributed by atoms with Crippen molar-refractivity contribution in [2.75, 3.05) is 13.1 Å². The molecule has 0 aliphatic heterocycles. The third kappa shape index (κ3) is 9.96. The van der Waals surface area contributed by atoms with E-state index in [2.05, 4.69) is 21.3 Å². The summed E-state index contributed by atoms with van der Waals surface area (Å²) in [4.78, 5) is 47.9. The second kappa shape index (κ2) is 14.8. The topological polar surface area (TPSA) is 137 Å². The summed E-state index contributed by atoms with van der Waals surface area (Å²) < 4.78 is 0. The highest BCUT2D eigenvalue weighted by Crippen LogP contribution is 2.23. The Bertz CT molecular complexity index is 1300. The highest BCUT2D eigenvalue weighted by molar-refractivity contribution is 6.35. The zero-order chi connectivity index (χ0) is 28.2. The molecule has 0 aliphatic carbocycles. The molecule has 39 heavy (non-hydrogen) atoms. The molecule has 0 spiro atoms. The molecule has 204 valence electrons. The molecule has 4 amide bonds. The van der Waals surface area contributed by atoms with Crippen LogP contribution in [-0.2, 0) is 20.9 Å². The van der Waals surface area contributed by atoms with Crippen molar-refractivity contribution >= 4 is 47.0 Å². The molecule has 9 nitrogen and oxygen atoms in total. The minimum Gasteiger partial charge on any atom is -0.481 e. The number of hydrogen-bond acceptors (Lipinski definition) is 4. The van der Waals surface area contributed by atoms with Gasteiger partial charge in [-0.1, -0.05) is 83.9 Å². The number of urea groups is 1. The van der Waals surface area contributed by atoms with Crippen LogP contribution in [-0.4, -0.2) is 42.0 Å². The van der Waals surface area contributed by atoms with Gasteiger partial charge in [-0.25, -0.2) is 4.79 Å². The molecule has 0 aromatic heterocycles. The summed E-state index contributed by atoms with van der Waals surface area (Å²) in [6.07, 6.45) is -0.369. The Balaban J connectivity index is 1.41. The smallest absolute Gasteiger partial charge is 0.315 e. The van der Waals surface area contributed by atoms with Gasteiger partial charge in [0.15, 0.2) is 0 Å². The predicted octanol–water partition coefficient (Wildman–Crippen LogP) is 4.30. The second-order valence-corrected chi connectivity index (χ2v) is 9.42. The summed E-state index contributed by atoms with van der Waals surface area (Å²) in [5.74, 6) is -2.06. The summed E-state index contributed by atoms with van der Waals surface area (Å²) in [5.41, 5.74) is 3.30. The average molecular weight is 571 g/mol. The summed E-state index contributed by atoms with van der Waals surface area (Å²) >= 11 is 11.9. The van der Waals surface area contributed by atoms with E-state index in [1.807, 2.05) is 42.5 Å². The lowest BCUT2D eigenvalue weighted by atomic mass is 9.99. The Labute approximate surface area is 235 Å². The lowest BCUT2D eigenvalue weighted by Gasteiger charge is -2.18. The van der Waals surface area contributed by atoms with Crippen LogP contribution in [0.1, 0.15) is 30.0 Å². The highest BCUT2D eigenvalue weighted by Gasteiger charge is 2.19. The molecule has 5 N–H and O–H groups in total. The first-order chi connectivity index (χ1) is 18.7. The maximum Gasteiger partial charge on any atom is 0.315 e. The van der Waals surface area contributed by atoms with Gasteiger partial charge in [-0.3, -0.25) is 14.4 Å². The van der Waals surface area contributed by atoms with Crippen LogP contribution in [0.3, 0.4) is 0 Å². The molecule has 3 aromatic carbocycles. The first kappa shape index (κ1) is 29.5. The van der Waals surface area contributed by atoms with E-state index in [-0.39, 0.29) is 32.5 Å². The van der Waals surface area contributed by atoms with Crippen molar-refractivity contribution in [1.29, 1.82) is 0 Å². The van der Waals surface area contributed by atoms with Gasteiger partial charge >= 0.3 is 12.0 Å². The number of carboxylic acids is 1. The zero-order valence-corrected chi connectivity index (χ0v) is 22.4. The number of carboxylic acid groups (broad SMARTS) is 1. The van der Waals surface area contributed by atoms with Crippen molar-refractivity contribution < 1.29 is 24.3 Å². The molecule has 1 atom stereocenters. The van der Waals surface area contributed by atoms with Crippen LogP contribution in [0.5, 0.6) is 0 Å². The van der Waals surface area contributed by atoms with E-state index in [1.54, 1.807) is 30.3 Å². The third-order valence-electron chi connectivity index (χ3n) is 5.67. The van der Waals surface area contributed by atoms with E-state index in [9.17, 15) is 24.3 Å². The van der Waals surface area contributed by atoms with Gasteiger partial charge in [-0.2, -0.15) is 0 Å². The van der Waals surface area contributed by atoms with Gasteiger partial charge in [-0.15, -0.1) is 0 Å². The van der Waals surface area contributed by atoms with Gasteiger partial charge in [0.1, 0.15) is 0 Å². The number of aliphatic carboxylic acids is 1. The molecule has 1 unspecified atom stereocenters. The number of benzene rings is 3. The largest absolute Gasteiger partial charge is 0.481 e. The van der Waals surface area contributed by atoms with Crippen LogP contribution < -0.4 is 21.3 Å². The van der Waals surface area contributed by atoms with E-state index in [0.717, 1.165) is 11.1 Å². The third-order valence-corrected chi connectivity index (χ3v) is 6.26. The van der Waals surface area contributed by atoms with E-state index >= 15 is 0 Å². The summed E-state index contributed by atoms with van der Waals surface area (Å²) in [5, 5.41) is 20.5. The van der Waals surface area contributed by atoms with Gasteiger partial charge in [0, 0.05) is 29.6 Å². The van der Waals surface area contributed by atoms with Crippen molar-refractivity contribution in [3.63, 3.8) is 0 Å². The number of nitrogens with one attached hydrogen (secondary N) is 4. The molecule has 3 aromatic rings. The lowest BCUT2D eigenvalue weighted by molar-refractivity contribution is -0.138. The molecule has 0 fully saturated rings. The standard InChI is InChI=1S/C28H28Cl2N4O5/c29-22-11-10-21(23(30)14-22)16-33-28(39)31-13-12-25(35)32-17-26(36)34-24(15-27(37)38)20-8-6-19(7-9-20)18-4-2-1-3-5-18/h1-11,14,24H,12-13,15-17H2,(H,32,35)(H,34,36)(H,37,38)(H2,31,33,39). The van der Waals surface area contributed by atoms with Crippen molar-refractivity contribution in [2.24, 2.45) is 0 Å². The summed E-state index contributed by atoms with van der Waals surface area (Å²) in [7, 11) is 0. The lowest BCUT2D eigenvalue weighted by Crippen LogP contribution is -2.41. The molecule has 0 saturated heterocycles. The minimum atomic E-state index is -1.07. The number of rotatable bonds is 12. The van der Waals surface area contributed by atoms with Crippen molar-refractivity contribution in [1.82, 2.24) is 21.3 Å². The number of carbonyl (C=O) groups is 4. The Hall–Kier alpha value is -4.08. The first-order valence-corrected chi connectivity index (χ1v) is 12.9. The number of carbonyl (C=O) groups excluding carboxylic acids is 3. The van der Waals surface area contributed by atoms with Gasteiger partial charge in [-0.05, 0) is 34.4 Å². The summed E-state index contributed by atoms with van der Waals surface area (Å²) in [6.45, 7) is -0.109. The molecule has 3 rings (SSSR count). The van der Waals surface area contributed by atoms with Crippen molar-refractivity contribution in [3.8, 4) is 11.1 Å². The summed E-state index contributed by atoms with van der Waals surface area (Å²) in [6, 6.07) is 20.6. The monoisotopic (exact) mass is 570 g/mol. The number of hydrogen-bond donors (Lipinski definition) is 5. The number of halogens is 2. The molecule has 0 saturated carbocycles. The molecule has 0 bridgehead atoms. The normalized spacial score (nSPS) is 11.2. The molecule has 0 aliphatic rings. The van der Waals surface area contributed by atoms with Gasteiger partial charge in [0.05, 0.1) is 19.0 Å². The van der Waals surface area contributed by atoms with E-state index in [1.165, 1.54) is 0 Å². The van der Waals surface area contributed by atoms with Gasteiger partial charge in [0.25, 0.3) is 0 Å². The quantitative estimate of drug-likeness (QED) is 0.221. The fourth-order valence-corrected chi connectivity index (χ4v) is 4.15. The fraction of sp³-hybridized carbons (Fsp3) is 0.214. The number of amides is 4. The highest BCUT2D eigenvalue weighted by atomic mass is 35.5. The second-order valence-electron chi connectivity index (χ2n) is 8.58.